The fourth-order valence-electron chi connectivity index (χ4n) is 4.46. The molecule has 0 bridgehead atoms. The number of carbonyl (C=O) groups is 2. The summed E-state index contributed by atoms with van der Waals surface area (Å²) < 4.78 is 13.3. The third-order valence-electron chi connectivity index (χ3n) is 6.42. The van der Waals surface area contributed by atoms with Crippen molar-refractivity contribution in [1.29, 1.82) is 0 Å². The third kappa shape index (κ3) is 6.39. The van der Waals surface area contributed by atoms with Gasteiger partial charge in [-0.1, -0.05) is 43.9 Å². The van der Waals surface area contributed by atoms with Crippen LogP contribution in [0.3, 0.4) is 0 Å². The van der Waals surface area contributed by atoms with Crippen molar-refractivity contribution < 1.29 is 14.0 Å². The van der Waals surface area contributed by atoms with Crippen molar-refractivity contribution in [2.45, 2.75) is 70.5 Å². The molecule has 2 aromatic rings. The normalized spacial score (nSPS) is 16.4. The van der Waals surface area contributed by atoms with E-state index in [1.807, 2.05) is 22.4 Å². The van der Waals surface area contributed by atoms with Crippen LogP contribution in [0.2, 0.25) is 0 Å². The SMILES string of the molecule is O=C(CN(C(=O)CCC1CCCC1)C1CC1)N(Cc1ccc(F)cc1)Cc1cccs1. The molecule has 0 aliphatic heterocycles. The van der Waals surface area contributed by atoms with Crippen LogP contribution in [-0.4, -0.2) is 34.2 Å². The van der Waals surface area contributed by atoms with Crippen molar-refractivity contribution in [3.05, 3.63) is 58.0 Å². The minimum Gasteiger partial charge on any atom is -0.332 e. The van der Waals surface area contributed by atoms with Crippen molar-refractivity contribution >= 4 is 23.2 Å². The van der Waals surface area contributed by atoms with Gasteiger partial charge in [-0.15, -0.1) is 11.3 Å². The van der Waals surface area contributed by atoms with E-state index >= 15 is 0 Å². The van der Waals surface area contributed by atoms with Crippen molar-refractivity contribution in [3.8, 4) is 0 Å². The highest BCUT2D eigenvalue weighted by Gasteiger charge is 2.35. The summed E-state index contributed by atoms with van der Waals surface area (Å²) in [4.78, 5) is 31.0. The molecule has 2 aliphatic rings. The fraction of sp³-hybridized carbons (Fsp3) is 0.520. The predicted molar refractivity (Wildman–Crippen MR) is 121 cm³/mol. The van der Waals surface area contributed by atoms with Gasteiger partial charge in [0.2, 0.25) is 11.8 Å². The molecule has 0 saturated heterocycles. The molecule has 1 aromatic carbocycles. The minimum absolute atomic E-state index is 0.0427. The quantitative estimate of drug-likeness (QED) is 0.496. The average molecular weight is 443 g/mol. The Morgan fingerprint density at radius 1 is 0.968 bits per heavy atom. The maximum Gasteiger partial charge on any atom is 0.242 e. The number of amides is 2. The van der Waals surface area contributed by atoms with Crippen molar-refractivity contribution in [2.75, 3.05) is 6.54 Å². The summed E-state index contributed by atoms with van der Waals surface area (Å²) in [6.45, 7) is 1.05. The number of thiophene rings is 1. The molecule has 6 heteroatoms. The van der Waals surface area contributed by atoms with Gasteiger partial charge in [0.15, 0.2) is 0 Å². The molecule has 4 nitrogen and oxygen atoms in total. The van der Waals surface area contributed by atoms with Crippen LogP contribution < -0.4 is 0 Å². The summed E-state index contributed by atoms with van der Waals surface area (Å²) in [5.74, 6) is 0.474. The lowest BCUT2D eigenvalue weighted by atomic mass is 10.0. The zero-order chi connectivity index (χ0) is 21.6. The first-order chi connectivity index (χ1) is 15.1. The van der Waals surface area contributed by atoms with E-state index in [1.54, 1.807) is 28.4 Å². The minimum atomic E-state index is -0.285. The molecule has 2 fully saturated rings. The maximum atomic E-state index is 13.3. The van der Waals surface area contributed by atoms with Gasteiger partial charge in [0, 0.05) is 23.9 Å². The summed E-state index contributed by atoms with van der Waals surface area (Å²) in [5.41, 5.74) is 0.886. The fourth-order valence-corrected chi connectivity index (χ4v) is 5.18. The third-order valence-corrected chi connectivity index (χ3v) is 7.28. The second kappa shape index (κ2) is 10.4. The lowest BCUT2D eigenvalue weighted by Crippen LogP contribution is -2.43. The Balaban J connectivity index is 1.41. The van der Waals surface area contributed by atoms with Crippen LogP contribution in [0.1, 0.15) is 61.8 Å². The van der Waals surface area contributed by atoms with E-state index in [1.165, 1.54) is 37.8 Å². The van der Waals surface area contributed by atoms with Crippen LogP contribution in [0, 0.1) is 11.7 Å². The van der Waals surface area contributed by atoms with Crippen molar-refractivity contribution in [3.63, 3.8) is 0 Å². The topological polar surface area (TPSA) is 40.6 Å². The number of halogens is 1. The lowest BCUT2D eigenvalue weighted by molar-refractivity contribution is -0.141. The largest absolute Gasteiger partial charge is 0.332 e. The van der Waals surface area contributed by atoms with E-state index in [9.17, 15) is 14.0 Å². The molecule has 31 heavy (non-hydrogen) atoms. The molecule has 166 valence electrons. The van der Waals surface area contributed by atoms with Crippen LogP contribution in [0.5, 0.6) is 0 Å². The zero-order valence-corrected chi connectivity index (χ0v) is 18.8. The molecule has 1 heterocycles. The standard InChI is InChI=1S/C25H31FN2O2S/c26-21-10-7-20(8-11-21)16-27(17-23-6-3-15-31-23)25(30)18-28(22-12-13-22)24(29)14-9-19-4-1-2-5-19/h3,6-8,10-11,15,19,22H,1-2,4-5,9,12-14,16-18H2. The number of hydrogen-bond acceptors (Lipinski definition) is 3. The number of nitrogens with zero attached hydrogens (tertiary/aromatic N) is 2. The van der Waals surface area contributed by atoms with E-state index in [2.05, 4.69) is 0 Å². The molecule has 2 aliphatic carbocycles. The van der Waals surface area contributed by atoms with Gasteiger partial charge >= 0.3 is 0 Å². The Kier molecular flexibility index (Phi) is 7.38. The first kappa shape index (κ1) is 22.0. The highest BCUT2D eigenvalue weighted by molar-refractivity contribution is 7.09. The van der Waals surface area contributed by atoms with E-state index in [-0.39, 0.29) is 30.2 Å². The molecule has 0 radical (unpaired) electrons. The Labute approximate surface area is 188 Å². The smallest absolute Gasteiger partial charge is 0.242 e. The molecule has 0 spiro atoms. The van der Waals surface area contributed by atoms with E-state index in [0.717, 1.165) is 29.7 Å². The Morgan fingerprint density at radius 3 is 2.35 bits per heavy atom. The second-order valence-electron chi connectivity index (χ2n) is 8.90. The maximum absolute atomic E-state index is 13.3. The molecule has 4 rings (SSSR count). The lowest BCUT2D eigenvalue weighted by Gasteiger charge is -2.28. The van der Waals surface area contributed by atoms with E-state index in [4.69, 9.17) is 0 Å². The summed E-state index contributed by atoms with van der Waals surface area (Å²) in [5, 5.41) is 2.00. The first-order valence-corrected chi connectivity index (χ1v) is 12.3. The highest BCUT2D eigenvalue weighted by Crippen LogP contribution is 2.31. The van der Waals surface area contributed by atoms with Crippen molar-refractivity contribution in [1.82, 2.24) is 9.80 Å². The van der Waals surface area contributed by atoms with Gasteiger partial charge < -0.3 is 9.80 Å². The first-order valence-electron chi connectivity index (χ1n) is 11.4. The Morgan fingerprint density at radius 2 is 1.71 bits per heavy atom. The van der Waals surface area contributed by atoms with Crippen LogP contribution in [-0.2, 0) is 22.7 Å². The summed E-state index contributed by atoms with van der Waals surface area (Å²) in [6.07, 6.45) is 8.53. The molecular formula is C25H31FN2O2S. The molecule has 0 unspecified atom stereocenters. The van der Waals surface area contributed by atoms with Crippen LogP contribution in [0.4, 0.5) is 4.39 Å². The number of rotatable bonds is 10. The van der Waals surface area contributed by atoms with Crippen LogP contribution in [0.15, 0.2) is 41.8 Å². The van der Waals surface area contributed by atoms with Gasteiger partial charge in [-0.3, -0.25) is 9.59 Å². The average Bonchev–Trinajstić information content (AvgIpc) is 3.23. The monoisotopic (exact) mass is 442 g/mol. The Hall–Kier alpha value is -2.21. The van der Waals surface area contributed by atoms with Crippen LogP contribution >= 0.6 is 11.3 Å². The predicted octanol–water partition coefficient (Wildman–Crippen LogP) is 5.38. The number of benzene rings is 1. The van der Waals surface area contributed by atoms with E-state index < -0.39 is 0 Å². The molecule has 2 saturated carbocycles. The summed E-state index contributed by atoms with van der Waals surface area (Å²) in [6, 6.07) is 10.5. The zero-order valence-electron chi connectivity index (χ0n) is 18.0. The van der Waals surface area contributed by atoms with Crippen LogP contribution in [0.25, 0.3) is 0 Å². The molecule has 0 atom stereocenters. The second-order valence-corrected chi connectivity index (χ2v) is 9.93. The highest BCUT2D eigenvalue weighted by atomic mass is 32.1. The van der Waals surface area contributed by atoms with Gasteiger partial charge in [-0.05, 0) is 54.3 Å². The summed E-state index contributed by atoms with van der Waals surface area (Å²) >= 11 is 1.61. The number of carbonyl (C=O) groups excluding carboxylic acids is 2. The number of hydrogen-bond donors (Lipinski definition) is 0. The van der Waals surface area contributed by atoms with Gasteiger partial charge in [-0.2, -0.15) is 0 Å². The van der Waals surface area contributed by atoms with E-state index in [0.29, 0.717) is 25.4 Å². The molecular weight excluding hydrogens is 411 g/mol. The molecule has 1 aromatic heterocycles. The van der Waals surface area contributed by atoms with Gasteiger partial charge in [0.1, 0.15) is 12.4 Å². The van der Waals surface area contributed by atoms with Gasteiger partial charge in [-0.25, -0.2) is 4.39 Å². The van der Waals surface area contributed by atoms with Gasteiger partial charge in [0.05, 0.1) is 6.54 Å². The Bertz CT molecular complexity index is 858. The molecule has 2 amide bonds. The van der Waals surface area contributed by atoms with Crippen molar-refractivity contribution in [2.24, 2.45) is 5.92 Å². The van der Waals surface area contributed by atoms with Gasteiger partial charge in [0.25, 0.3) is 0 Å². The molecule has 0 N–H and O–H groups in total. The summed E-state index contributed by atoms with van der Waals surface area (Å²) in [7, 11) is 0.